The van der Waals surface area contributed by atoms with Crippen LogP contribution in [0.1, 0.15) is 58.6 Å². The molecule has 1 unspecified atom stereocenters. The number of rotatable bonds is 4. The maximum Gasteiger partial charge on any atom is 0.123 e. The second kappa shape index (κ2) is 6.89. The summed E-state index contributed by atoms with van der Waals surface area (Å²) in [5.41, 5.74) is 1.46. The Kier molecular flexibility index (Phi) is 5.39. The van der Waals surface area contributed by atoms with Crippen molar-refractivity contribution in [2.24, 2.45) is 0 Å². The van der Waals surface area contributed by atoms with Crippen molar-refractivity contribution >= 4 is 0 Å². The third kappa shape index (κ3) is 4.52. The van der Waals surface area contributed by atoms with Crippen LogP contribution >= 0.6 is 0 Å². The summed E-state index contributed by atoms with van der Waals surface area (Å²) in [5, 5.41) is 3.76. The van der Waals surface area contributed by atoms with E-state index in [9.17, 15) is 4.39 Å². The summed E-state index contributed by atoms with van der Waals surface area (Å²) in [5.74, 6) is -0.160. The Bertz CT molecular complexity index is 428. The van der Waals surface area contributed by atoms with E-state index in [0.29, 0.717) is 12.1 Å². The van der Waals surface area contributed by atoms with Crippen molar-refractivity contribution in [3.63, 3.8) is 0 Å². The summed E-state index contributed by atoms with van der Waals surface area (Å²) in [7, 11) is 0. The molecule has 1 atom stereocenters. The van der Waals surface area contributed by atoms with Crippen LogP contribution in [-0.4, -0.2) is 29.6 Å². The van der Waals surface area contributed by atoms with Gasteiger partial charge in [0.2, 0.25) is 0 Å². The lowest BCUT2D eigenvalue weighted by Gasteiger charge is -2.41. The Labute approximate surface area is 128 Å². The van der Waals surface area contributed by atoms with E-state index in [1.807, 2.05) is 12.1 Å². The van der Waals surface area contributed by atoms with Gasteiger partial charge in [-0.25, -0.2) is 4.39 Å². The minimum atomic E-state index is -0.160. The van der Waals surface area contributed by atoms with E-state index in [1.165, 1.54) is 18.4 Å². The molecule has 1 aromatic rings. The predicted octanol–water partition coefficient (Wildman–Crippen LogP) is 4.13. The standard InChI is InChI=1S/C18H29FN2/c1-5-17(14-6-8-15(19)9-7-14)20-16-10-12-21(13-11-16)18(2,3)4/h6-9,16-17,20H,5,10-13H2,1-4H3. The monoisotopic (exact) mass is 292 g/mol. The lowest BCUT2D eigenvalue weighted by Crippen LogP contribution is -2.50. The number of likely N-dealkylation sites (tertiary alicyclic amines) is 1. The average Bonchev–Trinajstić information content (AvgIpc) is 2.45. The third-order valence-corrected chi connectivity index (χ3v) is 4.56. The molecule has 0 aliphatic carbocycles. The molecule has 0 bridgehead atoms. The van der Waals surface area contributed by atoms with Crippen molar-refractivity contribution in [2.45, 2.75) is 64.6 Å². The third-order valence-electron chi connectivity index (χ3n) is 4.56. The number of nitrogens with one attached hydrogen (secondary N) is 1. The van der Waals surface area contributed by atoms with Crippen LogP contribution in [0.3, 0.4) is 0 Å². The molecular formula is C18H29FN2. The smallest absolute Gasteiger partial charge is 0.123 e. The fourth-order valence-electron chi connectivity index (χ4n) is 3.15. The maximum atomic E-state index is 13.0. The lowest BCUT2D eigenvalue weighted by atomic mass is 9.96. The van der Waals surface area contributed by atoms with Gasteiger partial charge in [-0.15, -0.1) is 0 Å². The highest BCUT2D eigenvalue weighted by atomic mass is 19.1. The molecule has 21 heavy (non-hydrogen) atoms. The zero-order valence-corrected chi connectivity index (χ0v) is 13.8. The molecule has 118 valence electrons. The molecule has 1 heterocycles. The first-order valence-corrected chi connectivity index (χ1v) is 8.16. The molecule has 1 fully saturated rings. The van der Waals surface area contributed by atoms with Gasteiger partial charge in [-0.3, -0.25) is 4.90 Å². The Balaban J connectivity index is 1.90. The van der Waals surface area contributed by atoms with Crippen LogP contribution in [0.25, 0.3) is 0 Å². The van der Waals surface area contributed by atoms with E-state index in [-0.39, 0.29) is 11.4 Å². The van der Waals surface area contributed by atoms with Gasteiger partial charge in [0.25, 0.3) is 0 Å². The molecule has 0 amide bonds. The van der Waals surface area contributed by atoms with Crippen molar-refractivity contribution in [1.82, 2.24) is 10.2 Å². The first kappa shape index (κ1) is 16.4. The Morgan fingerprint density at radius 2 is 1.76 bits per heavy atom. The first-order valence-electron chi connectivity index (χ1n) is 8.16. The molecule has 1 aromatic carbocycles. The van der Waals surface area contributed by atoms with Gasteiger partial charge < -0.3 is 5.32 Å². The van der Waals surface area contributed by atoms with Gasteiger partial charge in [0, 0.05) is 30.7 Å². The van der Waals surface area contributed by atoms with Gasteiger partial charge in [0.05, 0.1) is 0 Å². The molecule has 0 radical (unpaired) electrons. The lowest BCUT2D eigenvalue weighted by molar-refractivity contribution is 0.0935. The minimum Gasteiger partial charge on any atom is -0.307 e. The van der Waals surface area contributed by atoms with Crippen LogP contribution in [0.5, 0.6) is 0 Å². The topological polar surface area (TPSA) is 15.3 Å². The van der Waals surface area contributed by atoms with E-state index < -0.39 is 0 Å². The highest BCUT2D eigenvalue weighted by Crippen LogP contribution is 2.23. The Hall–Kier alpha value is -0.930. The number of benzene rings is 1. The second-order valence-electron chi connectivity index (χ2n) is 7.11. The number of halogens is 1. The highest BCUT2D eigenvalue weighted by Gasteiger charge is 2.27. The van der Waals surface area contributed by atoms with E-state index in [1.54, 1.807) is 12.1 Å². The summed E-state index contributed by atoms with van der Waals surface area (Å²) in [6.07, 6.45) is 3.41. The van der Waals surface area contributed by atoms with Crippen LogP contribution in [0.2, 0.25) is 0 Å². The van der Waals surface area contributed by atoms with Gasteiger partial charge in [-0.05, 0) is 57.7 Å². The van der Waals surface area contributed by atoms with Crippen molar-refractivity contribution in [1.29, 1.82) is 0 Å². The fourth-order valence-corrected chi connectivity index (χ4v) is 3.15. The van der Waals surface area contributed by atoms with Gasteiger partial charge in [-0.2, -0.15) is 0 Å². The van der Waals surface area contributed by atoms with Gasteiger partial charge in [0.15, 0.2) is 0 Å². The quantitative estimate of drug-likeness (QED) is 0.897. The summed E-state index contributed by atoms with van der Waals surface area (Å²) >= 11 is 0. The summed E-state index contributed by atoms with van der Waals surface area (Å²) in [6, 6.07) is 7.82. The number of nitrogens with zero attached hydrogens (tertiary/aromatic N) is 1. The molecule has 2 rings (SSSR count). The molecule has 2 nitrogen and oxygen atoms in total. The zero-order valence-electron chi connectivity index (χ0n) is 13.8. The van der Waals surface area contributed by atoms with Crippen LogP contribution in [-0.2, 0) is 0 Å². The number of piperidine rings is 1. The highest BCUT2D eigenvalue weighted by molar-refractivity contribution is 5.20. The molecular weight excluding hydrogens is 263 g/mol. The van der Waals surface area contributed by atoms with Crippen LogP contribution in [0.15, 0.2) is 24.3 Å². The molecule has 1 aliphatic rings. The normalized spacial score (nSPS) is 19.7. The minimum absolute atomic E-state index is 0.160. The van der Waals surface area contributed by atoms with Gasteiger partial charge in [0.1, 0.15) is 5.82 Å². The van der Waals surface area contributed by atoms with E-state index in [0.717, 1.165) is 19.5 Å². The van der Waals surface area contributed by atoms with E-state index in [4.69, 9.17) is 0 Å². The van der Waals surface area contributed by atoms with Crippen LogP contribution in [0, 0.1) is 5.82 Å². The maximum absolute atomic E-state index is 13.0. The van der Waals surface area contributed by atoms with Crippen molar-refractivity contribution in [2.75, 3.05) is 13.1 Å². The van der Waals surface area contributed by atoms with E-state index in [2.05, 4.69) is 37.9 Å². The van der Waals surface area contributed by atoms with Gasteiger partial charge >= 0.3 is 0 Å². The zero-order chi connectivity index (χ0) is 15.5. The molecule has 0 aromatic heterocycles. The molecule has 1 aliphatic heterocycles. The predicted molar refractivity (Wildman–Crippen MR) is 86.9 cm³/mol. The van der Waals surface area contributed by atoms with E-state index >= 15 is 0 Å². The van der Waals surface area contributed by atoms with Gasteiger partial charge in [-0.1, -0.05) is 19.1 Å². The molecule has 0 spiro atoms. The molecule has 1 saturated heterocycles. The van der Waals surface area contributed by atoms with Crippen LogP contribution < -0.4 is 5.32 Å². The summed E-state index contributed by atoms with van der Waals surface area (Å²) in [4.78, 5) is 2.56. The Morgan fingerprint density at radius 1 is 1.19 bits per heavy atom. The second-order valence-corrected chi connectivity index (χ2v) is 7.11. The largest absolute Gasteiger partial charge is 0.307 e. The summed E-state index contributed by atoms with van der Waals surface area (Å²) < 4.78 is 13.0. The Morgan fingerprint density at radius 3 is 2.24 bits per heavy atom. The summed E-state index contributed by atoms with van der Waals surface area (Å²) in [6.45, 7) is 11.4. The SMILES string of the molecule is CCC(NC1CCN(C(C)(C)C)CC1)c1ccc(F)cc1. The number of hydrogen-bond acceptors (Lipinski definition) is 2. The average molecular weight is 292 g/mol. The fraction of sp³-hybridized carbons (Fsp3) is 0.667. The first-order chi connectivity index (χ1) is 9.90. The number of hydrogen-bond donors (Lipinski definition) is 1. The van der Waals surface area contributed by atoms with Crippen molar-refractivity contribution in [3.05, 3.63) is 35.6 Å². The molecule has 1 N–H and O–H groups in total. The van der Waals surface area contributed by atoms with Crippen molar-refractivity contribution < 1.29 is 4.39 Å². The van der Waals surface area contributed by atoms with Crippen LogP contribution in [0.4, 0.5) is 4.39 Å². The molecule has 0 saturated carbocycles. The van der Waals surface area contributed by atoms with Crippen molar-refractivity contribution in [3.8, 4) is 0 Å². The molecule has 3 heteroatoms.